The number of nitrogens with one attached hydrogen (secondary N) is 2. The molecule has 0 aliphatic carbocycles. The second-order valence-electron chi connectivity index (χ2n) is 5.25. The number of aromatic nitrogens is 3. The second-order valence-corrected chi connectivity index (χ2v) is 5.25. The fourth-order valence-corrected chi connectivity index (χ4v) is 1.62. The molecule has 2 amide bonds. The zero-order valence-electron chi connectivity index (χ0n) is 11.0. The van der Waals surface area contributed by atoms with E-state index in [1.54, 1.807) is 10.7 Å². The lowest BCUT2D eigenvalue weighted by molar-refractivity contribution is 0.244. The fraction of sp³-hybridized carbons (Fsp3) is 0.417. The average Bonchev–Trinajstić information content (AvgIpc) is 2.57. The molecule has 0 unspecified atom stereocenters. The normalized spacial score (nSPS) is 11.6. The summed E-state index contributed by atoms with van der Waals surface area (Å²) in [7, 11) is 1.83. The highest BCUT2D eigenvalue weighted by molar-refractivity contribution is 5.92. The molecule has 1 heterocycles. The van der Waals surface area contributed by atoms with Crippen molar-refractivity contribution in [3.05, 3.63) is 18.2 Å². The van der Waals surface area contributed by atoms with Gasteiger partial charge in [0.05, 0.1) is 5.52 Å². The number of amides is 2. The van der Waals surface area contributed by atoms with Gasteiger partial charge in [-0.3, -0.25) is 0 Å². The van der Waals surface area contributed by atoms with Gasteiger partial charge in [0.2, 0.25) is 0 Å². The Morgan fingerprint density at radius 3 is 2.72 bits per heavy atom. The largest absolute Gasteiger partial charge is 0.333 e. The lowest BCUT2D eigenvalue weighted by atomic mass is 10.1. The standard InChI is InChI=1S/C12H17N5O/c1-12(2,3)14-11(18)13-8-5-6-10-9(7-8)15-16-17(10)4/h5-7H,1-4H3,(H2,13,14,18). The summed E-state index contributed by atoms with van der Waals surface area (Å²) in [6, 6.07) is 5.27. The predicted molar refractivity (Wildman–Crippen MR) is 70.4 cm³/mol. The number of urea groups is 1. The fourth-order valence-electron chi connectivity index (χ4n) is 1.62. The topological polar surface area (TPSA) is 71.8 Å². The van der Waals surface area contributed by atoms with Crippen molar-refractivity contribution in [2.45, 2.75) is 26.3 Å². The minimum absolute atomic E-state index is 0.231. The number of benzene rings is 1. The van der Waals surface area contributed by atoms with Gasteiger partial charge in [0.25, 0.3) is 0 Å². The average molecular weight is 247 g/mol. The van der Waals surface area contributed by atoms with Crippen molar-refractivity contribution in [2.24, 2.45) is 7.05 Å². The van der Waals surface area contributed by atoms with Crippen molar-refractivity contribution in [2.75, 3.05) is 5.32 Å². The third-order valence-electron chi connectivity index (χ3n) is 2.36. The number of fused-ring (bicyclic) bond motifs is 1. The Labute approximate surface area is 105 Å². The van der Waals surface area contributed by atoms with Crippen LogP contribution in [0.1, 0.15) is 20.8 Å². The van der Waals surface area contributed by atoms with Crippen molar-refractivity contribution >= 4 is 22.8 Å². The molecule has 0 saturated heterocycles. The predicted octanol–water partition coefficient (Wildman–Crippen LogP) is 1.89. The van der Waals surface area contributed by atoms with E-state index in [1.165, 1.54) is 0 Å². The lowest BCUT2D eigenvalue weighted by Crippen LogP contribution is -2.43. The molecular formula is C12H17N5O. The van der Waals surface area contributed by atoms with Crippen LogP contribution in [0.5, 0.6) is 0 Å². The zero-order valence-corrected chi connectivity index (χ0v) is 11.0. The second kappa shape index (κ2) is 4.29. The number of rotatable bonds is 1. The third-order valence-corrected chi connectivity index (χ3v) is 2.36. The van der Waals surface area contributed by atoms with Gasteiger partial charge < -0.3 is 10.6 Å². The first kappa shape index (κ1) is 12.3. The maximum Gasteiger partial charge on any atom is 0.319 e. The summed E-state index contributed by atoms with van der Waals surface area (Å²) < 4.78 is 1.69. The first-order valence-electron chi connectivity index (χ1n) is 5.74. The van der Waals surface area contributed by atoms with Gasteiger partial charge in [-0.25, -0.2) is 9.48 Å². The van der Waals surface area contributed by atoms with Crippen molar-refractivity contribution < 1.29 is 4.79 Å². The molecule has 0 saturated carbocycles. The summed E-state index contributed by atoms with van der Waals surface area (Å²) in [5, 5.41) is 13.5. The van der Waals surface area contributed by atoms with Crippen LogP contribution in [-0.2, 0) is 7.05 Å². The number of hydrogen-bond donors (Lipinski definition) is 2. The third kappa shape index (κ3) is 2.77. The Morgan fingerprint density at radius 1 is 1.33 bits per heavy atom. The van der Waals surface area contributed by atoms with Crippen LogP contribution >= 0.6 is 0 Å². The lowest BCUT2D eigenvalue weighted by Gasteiger charge is -2.20. The number of nitrogens with zero attached hydrogens (tertiary/aromatic N) is 3. The molecule has 0 spiro atoms. The van der Waals surface area contributed by atoms with E-state index >= 15 is 0 Å². The van der Waals surface area contributed by atoms with E-state index < -0.39 is 0 Å². The van der Waals surface area contributed by atoms with Crippen LogP contribution in [0.25, 0.3) is 11.0 Å². The maximum atomic E-state index is 11.7. The van der Waals surface area contributed by atoms with E-state index in [9.17, 15) is 4.79 Å². The number of aryl methyl sites for hydroxylation is 1. The summed E-state index contributed by atoms with van der Waals surface area (Å²) in [5.74, 6) is 0. The van der Waals surface area contributed by atoms with Gasteiger partial charge in [0.1, 0.15) is 5.52 Å². The number of hydrogen-bond acceptors (Lipinski definition) is 3. The minimum Gasteiger partial charge on any atom is -0.333 e. The van der Waals surface area contributed by atoms with E-state index in [-0.39, 0.29) is 11.6 Å². The van der Waals surface area contributed by atoms with E-state index in [2.05, 4.69) is 20.9 Å². The highest BCUT2D eigenvalue weighted by Gasteiger charge is 2.13. The van der Waals surface area contributed by atoms with Crippen molar-refractivity contribution in [1.29, 1.82) is 0 Å². The van der Waals surface area contributed by atoms with Crippen LogP contribution in [0.15, 0.2) is 18.2 Å². The van der Waals surface area contributed by atoms with Gasteiger partial charge in [-0.2, -0.15) is 0 Å². The number of carbonyl (C=O) groups excluding carboxylic acids is 1. The molecule has 2 aromatic rings. The van der Waals surface area contributed by atoms with Gasteiger partial charge >= 0.3 is 6.03 Å². The van der Waals surface area contributed by atoms with Crippen molar-refractivity contribution in [3.63, 3.8) is 0 Å². The van der Waals surface area contributed by atoms with E-state index in [0.29, 0.717) is 5.69 Å². The Hall–Kier alpha value is -2.11. The van der Waals surface area contributed by atoms with Crippen molar-refractivity contribution in [1.82, 2.24) is 20.3 Å². The summed E-state index contributed by atoms with van der Waals surface area (Å²) in [6.45, 7) is 5.79. The van der Waals surface area contributed by atoms with Crippen molar-refractivity contribution in [3.8, 4) is 0 Å². The van der Waals surface area contributed by atoms with Crippen LogP contribution in [-0.4, -0.2) is 26.6 Å². The molecule has 1 aromatic heterocycles. The molecule has 96 valence electrons. The summed E-state index contributed by atoms with van der Waals surface area (Å²) in [4.78, 5) is 11.7. The molecule has 0 atom stereocenters. The van der Waals surface area contributed by atoms with Gasteiger partial charge in [0, 0.05) is 18.3 Å². The van der Waals surface area contributed by atoms with E-state index in [4.69, 9.17) is 0 Å². The van der Waals surface area contributed by atoms with Gasteiger partial charge in [-0.05, 0) is 39.0 Å². The molecule has 0 fully saturated rings. The number of anilines is 1. The Morgan fingerprint density at radius 2 is 2.06 bits per heavy atom. The SMILES string of the molecule is Cn1nnc2cc(NC(=O)NC(C)(C)C)ccc21. The quantitative estimate of drug-likeness (QED) is 0.808. The first-order valence-corrected chi connectivity index (χ1v) is 5.74. The molecule has 2 N–H and O–H groups in total. The van der Waals surface area contributed by atoms with Crippen LogP contribution in [0, 0.1) is 0 Å². The molecular weight excluding hydrogens is 230 g/mol. The van der Waals surface area contributed by atoms with E-state index in [1.807, 2.05) is 40.0 Å². The smallest absolute Gasteiger partial charge is 0.319 e. The molecule has 6 nitrogen and oxygen atoms in total. The molecule has 0 aliphatic heterocycles. The molecule has 2 rings (SSSR count). The van der Waals surface area contributed by atoms with Gasteiger partial charge in [-0.15, -0.1) is 5.10 Å². The van der Waals surface area contributed by atoms with Crippen LogP contribution in [0.2, 0.25) is 0 Å². The van der Waals surface area contributed by atoms with Gasteiger partial charge in [-0.1, -0.05) is 5.21 Å². The Kier molecular flexibility index (Phi) is 2.94. The number of carbonyl (C=O) groups is 1. The monoisotopic (exact) mass is 247 g/mol. The highest BCUT2D eigenvalue weighted by atomic mass is 16.2. The highest BCUT2D eigenvalue weighted by Crippen LogP contribution is 2.16. The Bertz CT molecular complexity index is 582. The maximum absolute atomic E-state index is 11.7. The summed E-state index contributed by atoms with van der Waals surface area (Å²) >= 11 is 0. The van der Waals surface area contributed by atoms with Crippen LogP contribution < -0.4 is 10.6 Å². The molecule has 6 heteroatoms. The van der Waals surface area contributed by atoms with Crippen LogP contribution in [0.3, 0.4) is 0 Å². The van der Waals surface area contributed by atoms with Gasteiger partial charge in [0.15, 0.2) is 0 Å². The van der Waals surface area contributed by atoms with Crippen LogP contribution in [0.4, 0.5) is 10.5 Å². The van der Waals surface area contributed by atoms with E-state index in [0.717, 1.165) is 11.0 Å². The molecule has 18 heavy (non-hydrogen) atoms. The Balaban J connectivity index is 2.15. The molecule has 1 aromatic carbocycles. The molecule has 0 bridgehead atoms. The summed E-state index contributed by atoms with van der Waals surface area (Å²) in [6.07, 6.45) is 0. The zero-order chi connectivity index (χ0) is 13.3. The molecule has 0 aliphatic rings. The first-order chi connectivity index (χ1) is 8.35. The molecule has 0 radical (unpaired) electrons. The minimum atomic E-state index is -0.263. The summed E-state index contributed by atoms with van der Waals surface area (Å²) in [5.41, 5.74) is 2.12.